The van der Waals surface area contributed by atoms with Gasteiger partial charge in [0.25, 0.3) is 0 Å². The molecule has 0 spiro atoms. The monoisotopic (exact) mass is 347 g/mol. The Bertz CT molecular complexity index is 572. The lowest BCUT2D eigenvalue weighted by atomic mass is 10.0. The number of anilines is 1. The molecular weight excluding hydrogens is 318 g/mol. The molecule has 0 saturated carbocycles. The highest BCUT2D eigenvalue weighted by Gasteiger charge is 2.23. The van der Waals surface area contributed by atoms with Gasteiger partial charge in [0.15, 0.2) is 0 Å². The highest BCUT2D eigenvalue weighted by atomic mass is 16.5. The van der Waals surface area contributed by atoms with Crippen LogP contribution in [0.1, 0.15) is 45.1 Å². The van der Waals surface area contributed by atoms with Gasteiger partial charge in [0, 0.05) is 24.8 Å². The number of urea groups is 1. The minimum atomic E-state index is -0.409. The van der Waals surface area contributed by atoms with Crippen molar-refractivity contribution in [2.24, 2.45) is 0 Å². The van der Waals surface area contributed by atoms with E-state index in [1.807, 2.05) is 0 Å². The number of hydrogen-bond donors (Lipinski definition) is 2. The molecule has 138 valence electrons. The topological polar surface area (TPSA) is 70.7 Å². The number of rotatable bonds is 6. The molecular formula is C19H29N3O3. The number of carbonyl (C=O) groups is 2. The van der Waals surface area contributed by atoms with Gasteiger partial charge in [0.1, 0.15) is 6.54 Å². The fraction of sp³-hybridized carbons (Fsp3) is 0.579. The average Bonchev–Trinajstić information content (AvgIpc) is 2.60. The lowest BCUT2D eigenvalue weighted by Crippen LogP contribution is -2.50. The molecule has 1 aliphatic heterocycles. The van der Waals surface area contributed by atoms with Crippen LogP contribution in [-0.4, -0.2) is 49.2 Å². The predicted molar refractivity (Wildman–Crippen MR) is 98.8 cm³/mol. The first-order valence-electron chi connectivity index (χ1n) is 9.04. The van der Waals surface area contributed by atoms with Gasteiger partial charge in [-0.2, -0.15) is 0 Å². The van der Waals surface area contributed by atoms with E-state index < -0.39 is 5.97 Å². The Morgan fingerprint density at radius 1 is 1.28 bits per heavy atom. The summed E-state index contributed by atoms with van der Waals surface area (Å²) in [5, 5.41) is 6.13. The Kier molecular flexibility index (Phi) is 7.10. The summed E-state index contributed by atoms with van der Waals surface area (Å²) in [5.41, 5.74) is 2.39. The van der Waals surface area contributed by atoms with Crippen LogP contribution in [0.4, 0.5) is 10.5 Å². The third kappa shape index (κ3) is 5.96. The predicted octanol–water partition coefficient (Wildman–Crippen LogP) is 2.96. The number of benzene rings is 1. The standard InChI is InChI=1S/C19H29N3O3/c1-4-25-18(23)12-20-19(24)22-11-5-6-17(13-22)21-16-9-7-15(8-10-16)14(2)3/h7-10,14,17,21H,4-6,11-13H2,1-3H3,(H,20,24). The Balaban J connectivity index is 1.83. The molecule has 6 nitrogen and oxygen atoms in total. The van der Waals surface area contributed by atoms with Gasteiger partial charge in [-0.1, -0.05) is 26.0 Å². The normalized spacial score (nSPS) is 17.3. The SMILES string of the molecule is CCOC(=O)CNC(=O)N1CCCC(Nc2ccc(C(C)C)cc2)C1. The van der Waals surface area contributed by atoms with Gasteiger partial charge < -0.3 is 20.3 Å². The zero-order valence-corrected chi connectivity index (χ0v) is 15.4. The van der Waals surface area contributed by atoms with Crippen molar-refractivity contribution >= 4 is 17.7 Å². The van der Waals surface area contributed by atoms with Crippen molar-refractivity contribution < 1.29 is 14.3 Å². The highest BCUT2D eigenvalue weighted by Crippen LogP contribution is 2.20. The Labute approximate surface area is 149 Å². The van der Waals surface area contributed by atoms with E-state index in [-0.39, 0.29) is 18.6 Å². The van der Waals surface area contributed by atoms with Crippen LogP contribution < -0.4 is 10.6 Å². The molecule has 2 amide bonds. The number of nitrogens with zero attached hydrogens (tertiary/aromatic N) is 1. The van der Waals surface area contributed by atoms with Gasteiger partial charge in [-0.15, -0.1) is 0 Å². The van der Waals surface area contributed by atoms with Crippen LogP contribution in [0.3, 0.4) is 0 Å². The molecule has 6 heteroatoms. The largest absolute Gasteiger partial charge is 0.465 e. The van der Waals surface area contributed by atoms with E-state index in [0.717, 1.165) is 18.5 Å². The molecule has 25 heavy (non-hydrogen) atoms. The first kappa shape index (κ1) is 19.1. The summed E-state index contributed by atoms with van der Waals surface area (Å²) >= 11 is 0. The summed E-state index contributed by atoms with van der Waals surface area (Å²) in [6.07, 6.45) is 1.96. The van der Waals surface area contributed by atoms with Crippen molar-refractivity contribution in [1.29, 1.82) is 0 Å². The number of esters is 1. The smallest absolute Gasteiger partial charge is 0.325 e. The first-order chi connectivity index (χ1) is 12.0. The molecule has 1 fully saturated rings. The Morgan fingerprint density at radius 2 is 2.00 bits per heavy atom. The maximum atomic E-state index is 12.2. The molecule has 1 atom stereocenters. The van der Waals surface area contributed by atoms with Crippen LogP contribution >= 0.6 is 0 Å². The number of hydrogen-bond acceptors (Lipinski definition) is 4. The van der Waals surface area contributed by atoms with Crippen molar-refractivity contribution in [3.8, 4) is 0 Å². The van der Waals surface area contributed by atoms with Crippen molar-refractivity contribution in [3.63, 3.8) is 0 Å². The lowest BCUT2D eigenvalue weighted by Gasteiger charge is -2.33. The zero-order chi connectivity index (χ0) is 18.2. The Morgan fingerprint density at radius 3 is 2.64 bits per heavy atom. The van der Waals surface area contributed by atoms with E-state index in [1.54, 1.807) is 11.8 Å². The van der Waals surface area contributed by atoms with Gasteiger partial charge >= 0.3 is 12.0 Å². The van der Waals surface area contributed by atoms with Gasteiger partial charge in [0.2, 0.25) is 0 Å². The second-order valence-electron chi connectivity index (χ2n) is 6.67. The lowest BCUT2D eigenvalue weighted by molar-refractivity contribution is -0.141. The van der Waals surface area contributed by atoms with Crippen LogP contribution in [0.2, 0.25) is 0 Å². The van der Waals surface area contributed by atoms with Crippen LogP contribution in [0.25, 0.3) is 0 Å². The quantitative estimate of drug-likeness (QED) is 0.776. The van der Waals surface area contributed by atoms with Gasteiger partial charge in [-0.3, -0.25) is 4.79 Å². The van der Waals surface area contributed by atoms with E-state index in [0.29, 0.717) is 25.6 Å². The van der Waals surface area contributed by atoms with Crippen LogP contribution in [-0.2, 0) is 9.53 Å². The third-order valence-electron chi connectivity index (χ3n) is 4.35. The van der Waals surface area contributed by atoms with E-state index in [4.69, 9.17) is 4.74 Å². The third-order valence-corrected chi connectivity index (χ3v) is 4.35. The second-order valence-corrected chi connectivity index (χ2v) is 6.67. The molecule has 0 radical (unpaired) electrons. The fourth-order valence-corrected chi connectivity index (χ4v) is 2.95. The zero-order valence-electron chi connectivity index (χ0n) is 15.4. The molecule has 2 rings (SSSR count). The van der Waals surface area contributed by atoms with Crippen molar-refractivity contribution in [2.75, 3.05) is 31.6 Å². The molecule has 1 unspecified atom stereocenters. The molecule has 0 bridgehead atoms. The fourth-order valence-electron chi connectivity index (χ4n) is 2.95. The molecule has 0 aromatic heterocycles. The summed E-state index contributed by atoms with van der Waals surface area (Å²) in [5.74, 6) is 0.107. The highest BCUT2D eigenvalue weighted by molar-refractivity contribution is 5.81. The van der Waals surface area contributed by atoms with Crippen molar-refractivity contribution in [2.45, 2.75) is 45.6 Å². The molecule has 0 aliphatic carbocycles. The van der Waals surface area contributed by atoms with E-state index >= 15 is 0 Å². The molecule has 1 aromatic carbocycles. The number of likely N-dealkylation sites (tertiary alicyclic amines) is 1. The van der Waals surface area contributed by atoms with Gasteiger partial charge in [-0.25, -0.2) is 4.79 Å². The first-order valence-corrected chi connectivity index (χ1v) is 9.04. The molecule has 1 aliphatic rings. The Hall–Kier alpha value is -2.24. The van der Waals surface area contributed by atoms with E-state index in [9.17, 15) is 9.59 Å². The number of nitrogens with one attached hydrogen (secondary N) is 2. The van der Waals surface area contributed by atoms with Crippen LogP contribution in [0, 0.1) is 0 Å². The van der Waals surface area contributed by atoms with Crippen LogP contribution in [0.5, 0.6) is 0 Å². The maximum Gasteiger partial charge on any atom is 0.325 e. The number of amides is 2. The minimum Gasteiger partial charge on any atom is -0.465 e. The molecule has 2 N–H and O–H groups in total. The van der Waals surface area contributed by atoms with E-state index in [1.165, 1.54) is 5.56 Å². The molecule has 1 heterocycles. The second kappa shape index (κ2) is 9.30. The van der Waals surface area contributed by atoms with Crippen molar-refractivity contribution in [1.82, 2.24) is 10.2 Å². The summed E-state index contributed by atoms with van der Waals surface area (Å²) in [6, 6.07) is 8.46. The van der Waals surface area contributed by atoms with Gasteiger partial charge in [-0.05, 0) is 43.4 Å². The summed E-state index contributed by atoms with van der Waals surface area (Å²) in [6.45, 7) is 7.67. The van der Waals surface area contributed by atoms with Crippen molar-refractivity contribution in [3.05, 3.63) is 29.8 Å². The van der Waals surface area contributed by atoms with Gasteiger partial charge in [0.05, 0.1) is 6.61 Å². The minimum absolute atomic E-state index is 0.0854. The summed E-state index contributed by atoms with van der Waals surface area (Å²) < 4.78 is 4.82. The molecule has 1 aromatic rings. The van der Waals surface area contributed by atoms with Crippen LogP contribution in [0.15, 0.2) is 24.3 Å². The summed E-state index contributed by atoms with van der Waals surface area (Å²) in [7, 11) is 0. The maximum absolute atomic E-state index is 12.2. The molecule has 1 saturated heterocycles. The average molecular weight is 347 g/mol. The number of carbonyl (C=O) groups excluding carboxylic acids is 2. The number of ether oxygens (including phenoxy) is 1. The number of piperidine rings is 1. The summed E-state index contributed by atoms with van der Waals surface area (Å²) in [4.78, 5) is 25.3. The van der Waals surface area contributed by atoms with E-state index in [2.05, 4.69) is 48.7 Å².